The Morgan fingerprint density at radius 2 is 1.84 bits per heavy atom. The number of halogens is 1. The second-order valence-electron chi connectivity index (χ2n) is 6.75. The zero-order valence-corrected chi connectivity index (χ0v) is 17.7. The lowest BCUT2D eigenvalue weighted by molar-refractivity contribution is -0.153. The van der Waals surface area contributed by atoms with Crippen molar-refractivity contribution in [2.45, 2.75) is 63.9 Å². The van der Waals surface area contributed by atoms with Gasteiger partial charge in [-0.1, -0.05) is 15.9 Å². The fraction of sp³-hybridized carbons (Fsp3) is 0.579. The first kappa shape index (κ1) is 20.3. The molecule has 0 radical (unpaired) electrons. The van der Waals surface area contributed by atoms with Crippen molar-refractivity contribution in [1.29, 1.82) is 0 Å². The van der Waals surface area contributed by atoms with E-state index in [2.05, 4.69) is 35.8 Å². The van der Waals surface area contributed by atoms with Gasteiger partial charge in [-0.25, -0.2) is 0 Å². The molecular weight excluding hydrogens is 402 g/mol. The van der Waals surface area contributed by atoms with Gasteiger partial charge in [-0.3, -0.25) is 9.59 Å². The number of thioether (sulfide) groups is 1. The Bertz CT molecular complexity index is 640. The third kappa shape index (κ3) is 5.48. The number of likely N-dealkylation sites (tertiary alicyclic amines) is 1. The van der Waals surface area contributed by atoms with Crippen LogP contribution < -0.4 is 0 Å². The fourth-order valence-electron chi connectivity index (χ4n) is 3.22. The maximum atomic E-state index is 12.4. The Morgan fingerprint density at radius 1 is 1.20 bits per heavy atom. The van der Waals surface area contributed by atoms with E-state index in [9.17, 15) is 9.59 Å². The van der Waals surface area contributed by atoms with E-state index in [1.807, 2.05) is 24.8 Å². The summed E-state index contributed by atoms with van der Waals surface area (Å²) >= 11 is 4.95. The average molecular weight is 428 g/mol. The summed E-state index contributed by atoms with van der Waals surface area (Å²) in [6, 6.07) is 4.54. The third-order valence-electron chi connectivity index (χ3n) is 4.64. The highest BCUT2D eigenvalue weighted by molar-refractivity contribution is 9.10. The van der Waals surface area contributed by atoms with E-state index in [1.54, 1.807) is 0 Å². The first-order chi connectivity index (χ1) is 11.8. The van der Waals surface area contributed by atoms with E-state index in [0.29, 0.717) is 0 Å². The number of ether oxygens (including phenoxy) is 1. The molecule has 1 aliphatic heterocycles. The molecular formula is C19H26BrNO3S. The summed E-state index contributed by atoms with van der Waals surface area (Å²) < 4.78 is 6.27. The Balaban J connectivity index is 1.82. The lowest BCUT2D eigenvalue weighted by Crippen LogP contribution is -2.49. The second-order valence-corrected chi connectivity index (χ2v) is 8.62. The van der Waals surface area contributed by atoms with E-state index in [0.717, 1.165) is 39.8 Å². The molecule has 0 saturated carbocycles. The molecule has 6 heteroatoms. The van der Waals surface area contributed by atoms with Crippen LogP contribution in [-0.4, -0.2) is 41.2 Å². The standard InChI is InChI=1S/C19H26BrNO3S/c1-12-9-17(13(2)8-16(12)20)25-11-19(23)24-10-18(22)21-14(3)6-5-7-15(21)4/h8-9,14-15H,5-7,10-11H2,1-4H3/t14-,15-/m0/s1. The molecule has 2 atom stereocenters. The van der Waals surface area contributed by atoms with Crippen molar-refractivity contribution in [1.82, 2.24) is 4.90 Å². The first-order valence-corrected chi connectivity index (χ1v) is 10.4. The number of carbonyl (C=O) groups excluding carboxylic acids is 2. The number of esters is 1. The average Bonchev–Trinajstić information content (AvgIpc) is 2.55. The molecule has 1 heterocycles. The van der Waals surface area contributed by atoms with Crippen LogP contribution in [0.1, 0.15) is 44.2 Å². The van der Waals surface area contributed by atoms with Gasteiger partial charge in [-0.2, -0.15) is 0 Å². The van der Waals surface area contributed by atoms with Crippen molar-refractivity contribution >= 4 is 39.6 Å². The number of nitrogens with zero attached hydrogens (tertiary/aromatic N) is 1. The molecule has 1 fully saturated rings. The van der Waals surface area contributed by atoms with Gasteiger partial charge in [0.25, 0.3) is 5.91 Å². The molecule has 1 amide bonds. The van der Waals surface area contributed by atoms with Crippen molar-refractivity contribution < 1.29 is 14.3 Å². The SMILES string of the molecule is Cc1cc(SCC(=O)OCC(=O)N2[C@@H](C)CCC[C@@H]2C)c(C)cc1Br. The molecule has 0 spiro atoms. The lowest BCUT2D eigenvalue weighted by atomic mass is 9.97. The molecule has 1 aromatic carbocycles. The van der Waals surface area contributed by atoms with Gasteiger partial charge in [0.2, 0.25) is 0 Å². The van der Waals surface area contributed by atoms with E-state index >= 15 is 0 Å². The van der Waals surface area contributed by atoms with E-state index in [-0.39, 0.29) is 36.3 Å². The summed E-state index contributed by atoms with van der Waals surface area (Å²) in [5.41, 5.74) is 2.24. The summed E-state index contributed by atoms with van der Waals surface area (Å²) in [7, 11) is 0. The fourth-order valence-corrected chi connectivity index (χ4v) is 4.58. The highest BCUT2D eigenvalue weighted by Crippen LogP contribution is 2.28. The molecule has 25 heavy (non-hydrogen) atoms. The highest BCUT2D eigenvalue weighted by Gasteiger charge is 2.29. The monoisotopic (exact) mass is 427 g/mol. The smallest absolute Gasteiger partial charge is 0.316 e. The van der Waals surface area contributed by atoms with Gasteiger partial charge in [0.05, 0.1) is 5.75 Å². The van der Waals surface area contributed by atoms with Crippen LogP contribution in [0.4, 0.5) is 0 Å². The molecule has 2 rings (SSSR count). The van der Waals surface area contributed by atoms with Crippen molar-refractivity contribution in [2.24, 2.45) is 0 Å². The van der Waals surface area contributed by atoms with E-state index in [1.165, 1.54) is 11.8 Å². The highest BCUT2D eigenvalue weighted by atomic mass is 79.9. The number of rotatable bonds is 5. The van der Waals surface area contributed by atoms with E-state index in [4.69, 9.17) is 4.74 Å². The van der Waals surface area contributed by atoms with Gasteiger partial charge >= 0.3 is 5.97 Å². The topological polar surface area (TPSA) is 46.6 Å². The number of benzene rings is 1. The Hall–Kier alpha value is -1.01. The molecule has 0 unspecified atom stereocenters. The lowest BCUT2D eigenvalue weighted by Gasteiger charge is -2.38. The maximum absolute atomic E-state index is 12.4. The van der Waals surface area contributed by atoms with Crippen LogP contribution in [0.15, 0.2) is 21.5 Å². The molecule has 1 aromatic rings. The molecule has 0 aromatic heterocycles. The number of carbonyl (C=O) groups is 2. The maximum Gasteiger partial charge on any atom is 0.316 e. The summed E-state index contributed by atoms with van der Waals surface area (Å²) in [4.78, 5) is 27.3. The van der Waals surface area contributed by atoms with Crippen LogP contribution in [-0.2, 0) is 14.3 Å². The van der Waals surface area contributed by atoms with E-state index < -0.39 is 0 Å². The molecule has 0 N–H and O–H groups in total. The van der Waals surface area contributed by atoms with Crippen LogP contribution >= 0.6 is 27.7 Å². The normalized spacial score (nSPS) is 20.4. The van der Waals surface area contributed by atoms with Gasteiger partial charge in [0, 0.05) is 21.5 Å². The van der Waals surface area contributed by atoms with Crippen molar-refractivity contribution in [3.63, 3.8) is 0 Å². The number of hydrogen-bond donors (Lipinski definition) is 0. The molecule has 1 saturated heterocycles. The van der Waals surface area contributed by atoms with Crippen LogP contribution in [0.2, 0.25) is 0 Å². The number of hydrogen-bond acceptors (Lipinski definition) is 4. The molecule has 0 aliphatic carbocycles. The minimum Gasteiger partial charge on any atom is -0.455 e. The Morgan fingerprint density at radius 3 is 2.48 bits per heavy atom. The molecule has 1 aliphatic rings. The van der Waals surface area contributed by atoms with Crippen molar-refractivity contribution in [2.75, 3.05) is 12.4 Å². The summed E-state index contributed by atoms with van der Waals surface area (Å²) in [6.45, 7) is 7.99. The van der Waals surface area contributed by atoms with Crippen molar-refractivity contribution in [3.8, 4) is 0 Å². The zero-order chi connectivity index (χ0) is 18.6. The number of aryl methyl sites for hydroxylation is 2. The largest absolute Gasteiger partial charge is 0.455 e. The second kappa shape index (κ2) is 9.08. The van der Waals surface area contributed by atoms with Crippen LogP contribution in [0.5, 0.6) is 0 Å². The van der Waals surface area contributed by atoms with Gasteiger partial charge in [0.15, 0.2) is 6.61 Å². The summed E-state index contributed by atoms with van der Waals surface area (Å²) in [6.07, 6.45) is 3.18. The minimum atomic E-state index is -0.351. The zero-order valence-electron chi connectivity index (χ0n) is 15.3. The van der Waals surface area contributed by atoms with Crippen LogP contribution in [0, 0.1) is 13.8 Å². The predicted molar refractivity (Wildman–Crippen MR) is 105 cm³/mol. The molecule has 138 valence electrons. The Labute approximate surface area is 162 Å². The quantitative estimate of drug-likeness (QED) is 0.512. The Kier molecular flexibility index (Phi) is 7.37. The van der Waals surface area contributed by atoms with Crippen LogP contribution in [0.3, 0.4) is 0 Å². The van der Waals surface area contributed by atoms with Crippen molar-refractivity contribution in [3.05, 3.63) is 27.7 Å². The summed E-state index contributed by atoms with van der Waals surface area (Å²) in [5.74, 6) is -0.232. The number of amides is 1. The molecule has 4 nitrogen and oxygen atoms in total. The predicted octanol–water partition coefficient (Wildman–Crippen LogP) is 4.49. The van der Waals surface area contributed by atoms with Gasteiger partial charge in [-0.05, 0) is 70.2 Å². The van der Waals surface area contributed by atoms with Crippen LogP contribution in [0.25, 0.3) is 0 Å². The van der Waals surface area contributed by atoms with Gasteiger partial charge in [-0.15, -0.1) is 11.8 Å². The summed E-state index contributed by atoms with van der Waals surface area (Å²) in [5, 5.41) is 0. The van der Waals surface area contributed by atoms with Gasteiger partial charge in [0.1, 0.15) is 0 Å². The molecule has 0 bridgehead atoms. The number of piperidine rings is 1. The first-order valence-electron chi connectivity index (χ1n) is 8.66. The van der Waals surface area contributed by atoms with Gasteiger partial charge < -0.3 is 9.64 Å². The third-order valence-corrected chi connectivity index (χ3v) is 6.63. The minimum absolute atomic E-state index is 0.0892.